The monoisotopic (exact) mass is 490 g/mol. The largest absolute Gasteiger partial charge is 0.463 e. The summed E-state index contributed by atoms with van der Waals surface area (Å²) in [4.78, 5) is 31.2. The van der Waals surface area contributed by atoms with Crippen molar-refractivity contribution in [2.24, 2.45) is 4.99 Å². The van der Waals surface area contributed by atoms with E-state index in [0.717, 1.165) is 0 Å². The molecular weight excluding hydrogens is 474 g/mol. The van der Waals surface area contributed by atoms with Crippen molar-refractivity contribution in [2.45, 2.75) is 19.9 Å². The molecule has 0 saturated carbocycles. The number of hydrogen-bond acceptors (Lipinski definition) is 5. The van der Waals surface area contributed by atoms with E-state index < -0.39 is 17.8 Å². The van der Waals surface area contributed by atoms with Crippen molar-refractivity contribution in [1.82, 2.24) is 4.57 Å². The summed E-state index contributed by atoms with van der Waals surface area (Å²) in [5.41, 5.74) is 1.47. The highest BCUT2D eigenvalue weighted by Crippen LogP contribution is 2.31. The van der Waals surface area contributed by atoms with Crippen molar-refractivity contribution in [1.29, 1.82) is 0 Å². The van der Waals surface area contributed by atoms with E-state index in [1.54, 1.807) is 50.3 Å². The molecule has 1 aliphatic rings. The molecule has 2 aromatic carbocycles. The van der Waals surface area contributed by atoms with Crippen LogP contribution in [0, 0.1) is 5.82 Å². The number of hydrogen-bond donors (Lipinski definition) is 0. The van der Waals surface area contributed by atoms with Crippen LogP contribution in [0.4, 0.5) is 4.39 Å². The molecule has 9 heteroatoms. The quantitative estimate of drug-likeness (QED) is 0.513. The molecule has 0 aliphatic carbocycles. The zero-order valence-electron chi connectivity index (χ0n) is 17.1. The highest BCUT2D eigenvalue weighted by atomic mass is 35.5. The Labute approximate surface area is 196 Å². The summed E-state index contributed by atoms with van der Waals surface area (Å²) >= 11 is 13.6. The maximum atomic E-state index is 13.6. The minimum absolute atomic E-state index is 0.170. The third kappa shape index (κ3) is 4.03. The molecule has 32 heavy (non-hydrogen) atoms. The normalized spacial score (nSPS) is 16.0. The summed E-state index contributed by atoms with van der Waals surface area (Å²) in [6.45, 7) is 3.56. The Balaban J connectivity index is 1.98. The number of carbonyl (C=O) groups is 1. The van der Waals surface area contributed by atoms with Crippen LogP contribution in [0.15, 0.2) is 63.5 Å². The molecular formula is C23H17Cl2FN2O3S. The van der Waals surface area contributed by atoms with E-state index in [1.165, 1.54) is 28.0 Å². The Morgan fingerprint density at radius 1 is 1.25 bits per heavy atom. The predicted molar refractivity (Wildman–Crippen MR) is 123 cm³/mol. The molecule has 1 aliphatic heterocycles. The standard InChI is InChI=1S/C23H17Cl2FN2O3S/c1-3-31-22(30)18-12(2)27-23-28(20(18)13-7-9-15(26)10-8-13)21(29)17(32-23)11-14-5-4-6-16(24)19(14)25/h4-11,20H,3H2,1-2H3/b17-11-/t20-/m0/s1. The number of carbonyl (C=O) groups excluding carboxylic acids is 1. The Morgan fingerprint density at radius 2 is 1.97 bits per heavy atom. The molecule has 1 aromatic heterocycles. The van der Waals surface area contributed by atoms with Crippen LogP contribution in [0.25, 0.3) is 6.08 Å². The van der Waals surface area contributed by atoms with Crippen LogP contribution in [0.3, 0.4) is 0 Å². The number of benzene rings is 2. The minimum Gasteiger partial charge on any atom is -0.463 e. The van der Waals surface area contributed by atoms with Gasteiger partial charge < -0.3 is 4.74 Å². The lowest BCUT2D eigenvalue weighted by Gasteiger charge is -2.24. The zero-order valence-corrected chi connectivity index (χ0v) is 19.4. The van der Waals surface area contributed by atoms with Gasteiger partial charge in [0.1, 0.15) is 5.82 Å². The molecule has 5 nitrogen and oxygen atoms in total. The summed E-state index contributed by atoms with van der Waals surface area (Å²) < 4.78 is 20.6. The summed E-state index contributed by atoms with van der Waals surface area (Å²) in [7, 11) is 0. The zero-order chi connectivity index (χ0) is 23.0. The number of thiazole rings is 1. The highest BCUT2D eigenvalue weighted by molar-refractivity contribution is 7.07. The van der Waals surface area contributed by atoms with Crippen molar-refractivity contribution >= 4 is 46.6 Å². The van der Waals surface area contributed by atoms with Crippen LogP contribution < -0.4 is 14.9 Å². The van der Waals surface area contributed by atoms with Crippen LogP contribution in [-0.2, 0) is 9.53 Å². The Kier molecular flexibility index (Phi) is 6.33. The predicted octanol–water partition coefficient (Wildman–Crippen LogP) is 4.24. The van der Waals surface area contributed by atoms with Crippen LogP contribution in [-0.4, -0.2) is 17.1 Å². The maximum absolute atomic E-state index is 13.6. The van der Waals surface area contributed by atoms with Crippen LogP contribution >= 0.6 is 34.5 Å². The van der Waals surface area contributed by atoms with Gasteiger partial charge in [0.15, 0.2) is 4.80 Å². The molecule has 2 heterocycles. The van der Waals surface area contributed by atoms with E-state index in [2.05, 4.69) is 4.99 Å². The molecule has 1 atom stereocenters. The van der Waals surface area contributed by atoms with Gasteiger partial charge in [-0.3, -0.25) is 9.36 Å². The lowest BCUT2D eigenvalue weighted by molar-refractivity contribution is -0.139. The number of fused-ring (bicyclic) bond motifs is 1. The number of esters is 1. The molecule has 0 bridgehead atoms. The second-order valence-corrected chi connectivity index (χ2v) is 8.79. The van der Waals surface area contributed by atoms with Gasteiger partial charge in [-0.15, -0.1) is 0 Å². The number of aromatic nitrogens is 1. The van der Waals surface area contributed by atoms with Gasteiger partial charge in [-0.2, -0.15) is 0 Å². The van der Waals surface area contributed by atoms with Gasteiger partial charge >= 0.3 is 5.97 Å². The molecule has 0 amide bonds. The van der Waals surface area contributed by atoms with E-state index in [4.69, 9.17) is 27.9 Å². The topological polar surface area (TPSA) is 60.7 Å². The molecule has 0 saturated heterocycles. The van der Waals surface area contributed by atoms with Gasteiger partial charge in [0.2, 0.25) is 0 Å². The average molecular weight is 491 g/mol. The summed E-state index contributed by atoms with van der Waals surface area (Å²) in [6.07, 6.45) is 1.64. The fourth-order valence-electron chi connectivity index (χ4n) is 3.53. The van der Waals surface area contributed by atoms with Gasteiger partial charge in [-0.1, -0.05) is 58.8 Å². The molecule has 3 aromatic rings. The molecule has 0 fully saturated rings. The van der Waals surface area contributed by atoms with E-state index in [0.29, 0.717) is 36.2 Å². The number of nitrogens with zero attached hydrogens (tertiary/aromatic N) is 2. The SMILES string of the molecule is CCOC(=O)C1=C(C)N=c2s/c(=C\c3cccc(Cl)c3Cl)c(=O)n2[C@H]1c1ccc(F)cc1. The first-order valence-corrected chi connectivity index (χ1v) is 11.3. The number of rotatable bonds is 4. The second-order valence-electron chi connectivity index (χ2n) is 7.00. The third-order valence-electron chi connectivity index (χ3n) is 4.97. The summed E-state index contributed by atoms with van der Waals surface area (Å²) in [5, 5.41) is 0.705. The lowest BCUT2D eigenvalue weighted by atomic mass is 9.96. The van der Waals surface area contributed by atoms with E-state index in [9.17, 15) is 14.0 Å². The number of ether oxygens (including phenoxy) is 1. The summed E-state index contributed by atoms with van der Waals surface area (Å²) in [6, 6.07) is 10.0. The fourth-order valence-corrected chi connectivity index (χ4v) is 4.93. The van der Waals surface area contributed by atoms with E-state index in [1.807, 2.05) is 0 Å². The van der Waals surface area contributed by atoms with Crippen molar-refractivity contribution in [2.75, 3.05) is 6.61 Å². The highest BCUT2D eigenvalue weighted by Gasteiger charge is 2.33. The lowest BCUT2D eigenvalue weighted by Crippen LogP contribution is -2.39. The molecule has 0 N–H and O–H groups in total. The Hall–Kier alpha value is -2.74. The Bertz CT molecular complexity index is 1420. The van der Waals surface area contributed by atoms with Crippen LogP contribution in [0.1, 0.15) is 31.0 Å². The van der Waals surface area contributed by atoms with Crippen molar-refractivity contribution < 1.29 is 13.9 Å². The van der Waals surface area contributed by atoms with Gasteiger partial charge in [-0.05, 0) is 49.2 Å². The van der Waals surface area contributed by atoms with Gasteiger partial charge in [0.05, 0.1) is 38.5 Å². The molecule has 164 valence electrons. The smallest absolute Gasteiger partial charge is 0.338 e. The van der Waals surface area contributed by atoms with Gasteiger partial charge in [0, 0.05) is 0 Å². The Morgan fingerprint density at radius 3 is 2.66 bits per heavy atom. The van der Waals surface area contributed by atoms with Gasteiger partial charge in [-0.25, -0.2) is 14.2 Å². The fraction of sp³-hybridized carbons (Fsp3) is 0.174. The minimum atomic E-state index is -0.803. The van der Waals surface area contributed by atoms with Crippen LogP contribution in [0.2, 0.25) is 10.0 Å². The first kappa shape index (κ1) is 22.5. The number of halogens is 3. The van der Waals surface area contributed by atoms with Crippen LogP contribution in [0.5, 0.6) is 0 Å². The molecule has 0 spiro atoms. The molecule has 4 rings (SSSR count). The third-order valence-corrected chi connectivity index (χ3v) is 6.79. The number of allylic oxidation sites excluding steroid dienone is 1. The summed E-state index contributed by atoms with van der Waals surface area (Å²) in [5.74, 6) is -0.995. The van der Waals surface area contributed by atoms with Gasteiger partial charge in [0.25, 0.3) is 5.56 Å². The molecule has 0 unspecified atom stereocenters. The second kappa shape index (κ2) is 9.02. The van der Waals surface area contributed by atoms with Crippen molar-refractivity contribution in [3.8, 4) is 0 Å². The van der Waals surface area contributed by atoms with Crippen molar-refractivity contribution in [3.63, 3.8) is 0 Å². The van der Waals surface area contributed by atoms with E-state index >= 15 is 0 Å². The molecule has 0 radical (unpaired) electrons. The average Bonchev–Trinajstić information content (AvgIpc) is 3.06. The van der Waals surface area contributed by atoms with Crippen molar-refractivity contribution in [3.05, 3.63) is 100 Å². The maximum Gasteiger partial charge on any atom is 0.338 e. The van der Waals surface area contributed by atoms with E-state index in [-0.39, 0.29) is 17.7 Å². The first-order chi connectivity index (χ1) is 15.3. The first-order valence-electron chi connectivity index (χ1n) is 9.71.